The highest BCUT2D eigenvalue weighted by molar-refractivity contribution is 5.86. The molecule has 0 saturated carbocycles. The van der Waals surface area contributed by atoms with Crippen LogP contribution < -0.4 is 0 Å². The number of aromatic amines is 1. The average Bonchev–Trinajstić information content (AvgIpc) is 2.45. The molecule has 0 aliphatic carbocycles. The SMILES string of the molecule is Oc1ccc2cn[nH]c2c1O. The lowest BCUT2D eigenvalue weighted by molar-refractivity contribution is 0.407. The van der Waals surface area contributed by atoms with E-state index in [4.69, 9.17) is 5.11 Å². The van der Waals surface area contributed by atoms with Crippen LogP contribution in [-0.4, -0.2) is 20.4 Å². The molecular weight excluding hydrogens is 144 g/mol. The molecule has 0 saturated heterocycles. The quantitative estimate of drug-likeness (QED) is 0.490. The first kappa shape index (κ1) is 6.03. The van der Waals surface area contributed by atoms with Crippen LogP contribution >= 0.6 is 0 Å². The highest BCUT2D eigenvalue weighted by Crippen LogP contribution is 2.31. The molecular formula is C7H6N2O2. The summed E-state index contributed by atoms with van der Waals surface area (Å²) in [6.07, 6.45) is 1.58. The standard InChI is InChI=1S/C7H6N2O2/c10-5-2-1-4-3-8-9-6(4)7(5)11/h1-3,10-11H,(H,8,9). The molecule has 4 nitrogen and oxygen atoms in total. The Bertz CT molecular complexity index is 394. The van der Waals surface area contributed by atoms with Gasteiger partial charge in [0.25, 0.3) is 0 Å². The summed E-state index contributed by atoms with van der Waals surface area (Å²) in [6, 6.07) is 3.10. The van der Waals surface area contributed by atoms with E-state index >= 15 is 0 Å². The van der Waals surface area contributed by atoms with E-state index in [0.717, 1.165) is 5.39 Å². The number of aromatic nitrogens is 2. The van der Waals surface area contributed by atoms with E-state index < -0.39 is 0 Å². The number of benzene rings is 1. The molecule has 3 N–H and O–H groups in total. The van der Waals surface area contributed by atoms with Crippen LogP contribution in [0.4, 0.5) is 0 Å². The number of nitrogens with one attached hydrogen (secondary N) is 1. The third-order valence-electron chi connectivity index (χ3n) is 1.57. The van der Waals surface area contributed by atoms with Gasteiger partial charge in [-0.2, -0.15) is 5.10 Å². The molecule has 0 unspecified atom stereocenters. The van der Waals surface area contributed by atoms with Gasteiger partial charge in [-0.25, -0.2) is 0 Å². The zero-order chi connectivity index (χ0) is 7.84. The third-order valence-corrected chi connectivity index (χ3v) is 1.57. The Balaban J connectivity index is 2.93. The molecule has 11 heavy (non-hydrogen) atoms. The van der Waals surface area contributed by atoms with Gasteiger partial charge in [-0.05, 0) is 12.1 Å². The second kappa shape index (κ2) is 1.88. The normalized spacial score (nSPS) is 10.5. The molecule has 4 heteroatoms. The summed E-state index contributed by atoms with van der Waals surface area (Å²) in [4.78, 5) is 0. The van der Waals surface area contributed by atoms with Crippen molar-refractivity contribution in [3.63, 3.8) is 0 Å². The predicted octanol–water partition coefficient (Wildman–Crippen LogP) is 0.974. The van der Waals surface area contributed by atoms with Crippen LogP contribution in [0.25, 0.3) is 10.9 Å². The molecule has 56 valence electrons. The minimum Gasteiger partial charge on any atom is -0.504 e. The molecule has 0 atom stereocenters. The van der Waals surface area contributed by atoms with Crippen molar-refractivity contribution < 1.29 is 10.2 Å². The smallest absolute Gasteiger partial charge is 0.183 e. The molecule has 0 bridgehead atoms. The molecule has 0 radical (unpaired) electrons. The van der Waals surface area contributed by atoms with E-state index in [1.807, 2.05) is 0 Å². The summed E-state index contributed by atoms with van der Waals surface area (Å²) in [5.41, 5.74) is 0.463. The van der Waals surface area contributed by atoms with Crippen molar-refractivity contribution >= 4 is 10.9 Å². The van der Waals surface area contributed by atoms with Crippen LogP contribution in [0, 0.1) is 0 Å². The molecule has 0 spiro atoms. The number of phenols is 2. The zero-order valence-electron chi connectivity index (χ0n) is 5.57. The second-order valence-corrected chi connectivity index (χ2v) is 2.27. The van der Waals surface area contributed by atoms with Crippen LogP contribution in [-0.2, 0) is 0 Å². The number of nitrogens with zero attached hydrogens (tertiary/aromatic N) is 1. The molecule has 1 heterocycles. The number of fused-ring (bicyclic) bond motifs is 1. The first-order chi connectivity index (χ1) is 5.29. The lowest BCUT2D eigenvalue weighted by Gasteiger charge is -1.95. The number of rotatable bonds is 0. The largest absolute Gasteiger partial charge is 0.504 e. The molecule has 1 aromatic heterocycles. The maximum Gasteiger partial charge on any atom is 0.183 e. The van der Waals surface area contributed by atoms with Crippen LogP contribution in [0.5, 0.6) is 11.5 Å². The van der Waals surface area contributed by atoms with E-state index in [2.05, 4.69) is 10.2 Å². The highest BCUT2D eigenvalue weighted by atomic mass is 16.3. The van der Waals surface area contributed by atoms with Crippen molar-refractivity contribution in [3.8, 4) is 11.5 Å². The summed E-state index contributed by atoms with van der Waals surface area (Å²) in [5.74, 6) is -0.290. The molecule has 0 amide bonds. The van der Waals surface area contributed by atoms with Gasteiger partial charge in [0.1, 0.15) is 5.52 Å². The Morgan fingerprint density at radius 1 is 1.27 bits per heavy atom. The highest BCUT2D eigenvalue weighted by Gasteiger charge is 2.04. The monoisotopic (exact) mass is 150 g/mol. The average molecular weight is 150 g/mol. The zero-order valence-corrected chi connectivity index (χ0v) is 5.57. The fraction of sp³-hybridized carbons (Fsp3) is 0. The van der Waals surface area contributed by atoms with Gasteiger partial charge in [0.2, 0.25) is 0 Å². The van der Waals surface area contributed by atoms with Gasteiger partial charge in [0, 0.05) is 5.39 Å². The van der Waals surface area contributed by atoms with E-state index in [0.29, 0.717) is 5.52 Å². The van der Waals surface area contributed by atoms with Gasteiger partial charge in [-0.3, -0.25) is 5.10 Å². The summed E-state index contributed by atoms with van der Waals surface area (Å²) >= 11 is 0. The van der Waals surface area contributed by atoms with E-state index in [-0.39, 0.29) is 11.5 Å². The van der Waals surface area contributed by atoms with Gasteiger partial charge in [0.05, 0.1) is 6.20 Å². The Labute approximate surface area is 62.1 Å². The minimum absolute atomic E-state index is 0.137. The third kappa shape index (κ3) is 0.724. The molecule has 2 rings (SSSR count). The lowest BCUT2D eigenvalue weighted by Crippen LogP contribution is -1.71. The Kier molecular flexibility index (Phi) is 1.03. The molecule has 1 aromatic carbocycles. The summed E-state index contributed by atoms with van der Waals surface area (Å²) < 4.78 is 0. The van der Waals surface area contributed by atoms with E-state index in [9.17, 15) is 5.11 Å². The van der Waals surface area contributed by atoms with Crippen LogP contribution in [0.1, 0.15) is 0 Å². The van der Waals surface area contributed by atoms with Crippen LogP contribution in [0.15, 0.2) is 18.3 Å². The topological polar surface area (TPSA) is 69.1 Å². The first-order valence-corrected chi connectivity index (χ1v) is 3.13. The van der Waals surface area contributed by atoms with E-state index in [1.54, 1.807) is 12.3 Å². The van der Waals surface area contributed by atoms with Crippen molar-refractivity contribution in [2.75, 3.05) is 0 Å². The molecule has 0 aliphatic rings. The number of hydrogen-bond acceptors (Lipinski definition) is 3. The van der Waals surface area contributed by atoms with Crippen molar-refractivity contribution in [3.05, 3.63) is 18.3 Å². The minimum atomic E-state index is -0.153. The summed E-state index contributed by atoms with van der Waals surface area (Å²) in [5, 5.41) is 25.3. The number of phenolic OH excluding ortho intramolecular Hbond substituents is 2. The van der Waals surface area contributed by atoms with Crippen molar-refractivity contribution in [2.24, 2.45) is 0 Å². The van der Waals surface area contributed by atoms with E-state index in [1.165, 1.54) is 6.07 Å². The molecule has 0 aliphatic heterocycles. The summed E-state index contributed by atoms with van der Waals surface area (Å²) in [6.45, 7) is 0. The summed E-state index contributed by atoms with van der Waals surface area (Å²) in [7, 11) is 0. The number of aromatic hydroxyl groups is 2. The molecule has 2 aromatic rings. The van der Waals surface area contributed by atoms with Gasteiger partial charge < -0.3 is 10.2 Å². The van der Waals surface area contributed by atoms with Gasteiger partial charge >= 0.3 is 0 Å². The predicted molar refractivity (Wildman–Crippen MR) is 39.4 cm³/mol. The maximum atomic E-state index is 9.23. The Morgan fingerprint density at radius 3 is 2.91 bits per heavy atom. The van der Waals surface area contributed by atoms with Gasteiger partial charge in [-0.1, -0.05) is 0 Å². The van der Waals surface area contributed by atoms with Crippen LogP contribution in [0.3, 0.4) is 0 Å². The molecule has 0 fully saturated rings. The van der Waals surface area contributed by atoms with Gasteiger partial charge in [-0.15, -0.1) is 0 Å². The lowest BCUT2D eigenvalue weighted by atomic mass is 10.2. The fourth-order valence-corrected chi connectivity index (χ4v) is 0.987. The first-order valence-electron chi connectivity index (χ1n) is 3.13. The van der Waals surface area contributed by atoms with Crippen molar-refractivity contribution in [2.45, 2.75) is 0 Å². The second-order valence-electron chi connectivity index (χ2n) is 2.27. The number of H-pyrrole nitrogens is 1. The fourth-order valence-electron chi connectivity index (χ4n) is 0.987. The van der Waals surface area contributed by atoms with Crippen LogP contribution in [0.2, 0.25) is 0 Å². The van der Waals surface area contributed by atoms with Crippen molar-refractivity contribution in [1.29, 1.82) is 0 Å². The van der Waals surface area contributed by atoms with Crippen molar-refractivity contribution in [1.82, 2.24) is 10.2 Å². The Morgan fingerprint density at radius 2 is 2.09 bits per heavy atom. The van der Waals surface area contributed by atoms with Gasteiger partial charge in [0.15, 0.2) is 11.5 Å². The maximum absolute atomic E-state index is 9.23. The number of hydrogen-bond donors (Lipinski definition) is 3. The Hall–Kier alpha value is -1.71.